The minimum absolute atomic E-state index is 0.0204. The number of thioether (sulfide) groups is 1. The SMILES string of the molecule is C=CCn1c(SCCN(CC)CC)nc2scc(-c3ccc(C)cc3)c2c1=O. The largest absolute Gasteiger partial charge is 0.303 e. The van der Waals surface area contributed by atoms with Crippen LogP contribution >= 0.6 is 23.1 Å². The number of aryl methyl sites for hydroxylation is 1. The lowest BCUT2D eigenvalue weighted by molar-refractivity contribution is 0.323. The number of thiophene rings is 1. The van der Waals surface area contributed by atoms with Crippen LogP contribution in [-0.4, -0.2) is 39.8 Å². The Balaban J connectivity index is 2.00. The topological polar surface area (TPSA) is 38.1 Å². The van der Waals surface area contributed by atoms with Crippen molar-refractivity contribution in [2.75, 3.05) is 25.4 Å². The highest BCUT2D eigenvalue weighted by molar-refractivity contribution is 7.99. The molecule has 0 aliphatic carbocycles. The first-order chi connectivity index (χ1) is 13.6. The first-order valence-electron chi connectivity index (χ1n) is 9.64. The van der Waals surface area contributed by atoms with Gasteiger partial charge in [0, 0.05) is 29.8 Å². The number of nitrogens with zero attached hydrogens (tertiary/aromatic N) is 3. The van der Waals surface area contributed by atoms with Crippen LogP contribution in [0, 0.1) is 6.92 Å². The molecule has 0 N–H and O–H groups in total. The summed E-state index contributed by atoms with van der Waals surface area (Å²) in [6.07, 6.45) is 1.77. The molecule has 2 aromatic heterocycles. The fourth-order valence-corrected chi connectivity index (χ4v) is 5.15. The zero-order valence-electron chi connectivity index (χ0n) is 16.8. The van der Waals surface area contributed by atoms with E-state index in [9.17, 15) is 4.79 Å². The van der Waals surface area contributed by atoms with E-state index < -0.39 is 0 Å². The molecule has 28 heavy (non-hydrogen) atoms. The molecule has 0 fully saturated rings. The summed E-state index contributed by atoms with van der Waals surface area (Å²) in [5, 5.41) is 3.54. The Morgan fingerprint density at radius 1 is 1.25 bits per heavy atom. The predicted molar refractivity (Wildman–Crippen MR) is 123 cm³/mol. The highest BCUT2D eigenvalue weighted by atomic mass is 32.2. The van der Waals surface area contributed by atoms with Crippen LogP contribution < -0.4 is 5.56 Å². The van der Waals surface area contributed by atoms with Gasteiger partial charge in [0.1, 0.15) is 4.83 Å². The molecule has 0 saturated carbocycles. The normalized spacial score (nSPS) is 11.4. The van der Waals surface area contributed by atoms with E-state index in [0.717, 1.165) is 46.5 Å². The molecule has 6 heteroatoms. The number of hydrogen-bond acceptors (Lipinski definition) is 5. The number of rotatable bonds is 9. The summed E-state index contributed by atoms with van der Waals surface area (Å²) in [7, 11) is 0. The summed E-state index contributed by atoms with van der Waals surface area (Å²) in [4.78, 5) is 21.4. The van der Waals surface area contributed by atoms with E-state index in [4.69, 9.17) is 4.98 Å². The summed E-state index contributed by atoms with van der Waals surface area (Å²) in [6.45, 7) is 13.8. The van der Waals surface area contributed by atoms with Gasteiger partial charge in [-0.25, -0.2) is 4.98 Å². The number of benzene rings is 1. The summed E-state index contributed by atoms with van der Waals surface area (Å²) >= 11 is 3.19. The standard InChI is InChI=1S/C22H27N3OS2/c1-5-12-25-21(26)19-18(17-10-8-16(4)9-11-17)15-28-20(19)23-22(25)27-14-13-24(6-2)7-3/h5,8-11,15H,1,6-7,12-14H2,2-4H3. The van der Waals surface area contributed by atoms with Crippen LogP contribution in [0.4, 0.5) is 0 Å². The molecule has 0 aliphatic heterocycles. The van der Waals surface area contributed by atoms with E-state index in [1.165, 1.54) is 5.56 Å². The minimum atomic E-state index is 0.0204. The first-order valence-corrected chi connectivity index (χ1v) is 11.5. The monoisotopic (exact) mass is 413 g/mol. The minimum Gasteiger partial charge on any atom is -0.303 e. The van der Waals surface area contributed by atoms with Gasteiger partial charge >= 0.3 is 0 Å². The van der Waals surface area contributed by atoms with Crippen molar-refractivity contribution >= 4 is 33.3 Å². The Hall–Kier alpha value is -1.89. The maximum atomic E-state index is 13.3. The highest BCUT2D eigenvalue weighted by Crippen LogP contribution is 2.32. The molecular formula is C22H27N3OS2. The van der Waals surface area contributed by atoms with Crippen molar-refractivity contribution in [1.29, 1.82) is 0 Å². The fraction of sp³-hybridized carbons (Fsp3) is 0.364. The number of fused-ring (bicyclic) bond motifs is 1. The van der Waals surface area contributed by atoms with Crippen LogP contribution in [0.1, 0.15) is 19.4 Å². The van der Waals surface area contributed by atoms with Crippen LogP contribution in [0.25, 0.3) is 21.3 Å². The van der Waals surface area contributed by atoms with Crippen LogP contribution in [0.5, 0.6) is 0 Å². The van der Waals surface area contributed by atoms with E-state index in [0.29, 0.717) is 11.9 Å². The first kappa shape index (κ1) is 20.8. The summed E-state index contributed by atoms with van der Waals surface area (Å²) in [6, 6.07) is 8.29. The van der Waals surface area contributed by atoms with Crippen molar-refractivity contribution in [3.63, 3.8) is 0 Å². The average Bonchev–Trinajstić information content (AvgIpc) is 3.12. The van der Waals surface area contributed by atoms with Gasteiger partial charge in [-0.2, -0.15) is 0 Å². The van der Waals surface area contributed by atoms with Gasteiger partial charge in [0.05, 0.1) is 5.39 Å². The van der Waals surface area contributed by atoms with E-state index in [1.54, 1.807) is 33.7 Å². The quantitative estimate of drug-likeness (QED) is 0.279. The van der Waals surface area contributed by atoms with Crippen LogP contribution in [0.2, 0.25) is 0 Å². The molecule has 0 radical (unpaired) electrons. The highest BCUT2D eigenvalue weighted by Gasteiger charge is 2.17. The van der Waals surface area contributed by atoms with Gasteiger partial charge in [-0.05, 0) is 25.6 Å². The van der Waals surface area contributed by atoms with Gasteiger partial charge in [-0.3, -0.25) is 9.36 Å². The molecule has 2 heterocycles. The van der Waals surface area contributed by atoms with Crippen molar-refractivity contribution in [2.24, 2.45) is 0 Å². The third-order valence-electron chi connectivity index (χ3n) is 4.87. The van der Waals surface area contributed by atoms with Gasteiger partial charge in [0.25, 0.3) is 5.56 Å². The molecule has 0 unspecified atom stereocenters. The maximum Gasteiger partial charge on any atom is 0.263 e. The number of hydrogen-bond donors (Lipinski definition) is 0. The Kier molecular flexibility index (Phi) is 7.10. The van der Waals surface area contributed by atoms with Crippen molar-refractivity contribution in [1.82, 2.24) is 14.5 Å². The second kappa shape index (κ2) is 9.54. The lowest BCUT2D eigenvalue weighted by Crippen LogP contribution is -2.26. The van der Waals surface area contributed by atoms with E-state index in [2.05, 4.69) is 56.5 Å². The molecule has 0 saturated heterocycles. The lowest BCUT2D eigenvalue weighted by atomic mass is 10.1. The number of allylic oxidation sites excluding steroid dienone is 1. The second-order valence-corrected chi connectivity index (χ2v) is 8.59. The third kappa shape index (κ3) is 4.40. The molecule has 4 nitrogen and oxygen atoms in total. The zero-order chi connectivity index (χ0) is 20.1. The number of aromatic nitrogens is 2. The van der Waals surface area contributed by atoms with Gasteiger partial charge in [0.15, 0.2) is 5.16 Å². The molecule has 0 spiro atoms. The molecule has 3 aromatic rings. The van der Waals surface area contributed by atoms with Crippen LogP contribution in [0.3, 0.4) is 0 Å². The molecular weight excluding hydrogens is 386 g/mol. The lowest BCUT2D eigenvalue weighted by Gasteiger charge is -2.18. The Morgan fingerprint density at radius 2 is 1.96 bits per heavy atom. The fourth-order valence-electron chi connectivity index (χ4n) is 3.16. The van der Waals surface area contributed by atoms with Crippen molar-refractivity contribution in [3.8, 4) is 11.1 Å². The Bertz CT molecular complexity index is 1000. The van der Waals surface area contributed by atoms with Crippen LogP contribution in [-0.2, 0) is 6.54 Å². The summed E-state index contributed by atoms with van der Waals surface area (Å²) in [5.41, 5.74) is 3.25. The van der Waals surface area contributed by atoms with E-state index in [1.807, 2.05) is 5.38 Å². The molecule has 148 valence electrons. The molecule has 3 rings (SSSR count). The third-order valence-corrected chi connectivity index (χ3v) is 6.69. The molecule has 0 bridgehead atoms. The van der Waals surface area contributed by atoms with Crippen molar-refractivity contribution in [2.45, 2.75) is 32.5 Å². The van der Waals surface area contributed by atoms with E-state index >= 15 is 0 Å². The second-order valence-electron chi connectivity index (χ2n) is 6.67. The van der Waals surface area contributed by atoms with Gasteiger partial charge in [-0.1, -0.05) is 61.5 Å². The van der Waals surface area contributed by atoms with Gasteiger partial charge < -0.3 is 4.90 Å². The Morgan fingerprint density at radius 3 is 2.61 bits per heavy atom. The molecule has 1 aromatic carbocycles. The van der Waals surface area contributed by atoms with Crippen molar-refractivity contribution < 1.29 is 0 Å². The summed E-state index contributed by atoms with van der Waals surface area (Å²) in [5.74, 6) is 0.910. The maximum absolute atomic E-state index is 13.3. The average molecular weight is 414 g/mol. The Labute approximate surface area is 174 Å². The van der Waals surface area contributed by atoms with E-state index in [-0.39, 0.29) is 5.56 Å². The molecule has 0 amide bonds. The predicted octanol–water partition coefficient (Wildman–Crippen LogP) is 5.05. The zero-order valence-corrected chi connectivity index (χ0v) is 18.4. The summed E-state index contributed by atoms with van der Waals surface area (Å²) < 4.78 is 1.76. The smallest absolute Gasteiger partial charge is 0.263 e. The molecule has 0 aliphatic rings. The van der Waals surface area contributed by atoms with Gasteiger partial charge in [-0.15, -0.1) is 17.9 Å². The molecule has 0 atom stereocenters. The van der Waals surface area contributed by atoms with Crippen LogP contribution in [0.15, 0.2) is 52.3 Å². The van der Waals surface area contributed by atoms with Gasteiger partial charge in [0.2, 0.25) is 0 Å². The van der Waals surface area contributed by atoms with Crippen molar-refractivity contribution in [3.05, 3.63) is 58.2 Å².